The largest absolute Gasteiger partial charge is 0.309 e. The Kier molecular flexibility index (Phi) is 6.61. The maximum atomic E-state index is 10.2. The molecule has 0 aliphatic heterocycles. The second-order valence-corrected chi connectivity index (χ2v) is 14.0. The molecule has 0 bridgehead atoms. The van der Waals surface area contributed by atoms with Crippen LogP contribution in [0, 0.1) is 17.9 Å². The van der Waals surface area contributed by atoms with E-state index < -0.39 is 0 Å². The maximum Gasteiger partial charge on any atom is 0.189 e. The average molecular weight is 700 g/mol. The third-order valence-corrected chi connectivity index (χ3v) is 11.0. The molecule has 3 heterocycles. The van der Waals surface area contributed by atoms with Gasteiger partial charge in [0.2, 0.25) is 0 Å². The summed E-state index contributed by atoms with van der Waals surface area (Å²) >= 11 is 0. The smallest absolute Gasteiger partial charge is 0.189 e. The standard InChI is InChI=1S/C50H29N5/c1-52-35-27-34(29-37(30-35)54-43-21-6-4-18-40(43)41-20-11-14-33(31-51)50(41)54)32-13-10-15-36(28-32)53-46-24-9-5-19-42(46)49-47(53)25-12-26-48(49)55-44-22-7-2-16-38(44)39-17-3-8-23-45(39)55/h2-30H. The molecule has 0 aliphatic carbocycles. The summed E-state index contributed by atoms with van der Waals surface area (Å²) < 4.78 is 6.90. The third-order valence-electron chi connectivity index (χ3n) is 11.0. The summed E-state index contributed by atoms with van der Waals surface area (Å²) in [5.74, 6) is 0. The van der Waals surface area contributed by atoms with Gasteiger partial charge in [0.05, 0.1) is 50.9 Å². The van der Waals surface area contributed by atoms with Crippen molar-refractivity contribution in [1.82, 2.24) is 13.7 Å². The number of hydrogen-bond acceptors (Lipinski definition) is 1. The zero-order valence-corrected chi connectivity index (χ0v) is 29.5. The SMILES string of the molecule is [C-]#[N+]c1cc(-c2cccc(-n3c4ccccc4c4c(-n5c6ccccc6c6ccccc65)cccc43)c2)cc(-n2c3ccccc3c3cccc(C#N)c32)c1. The Hall–Kier alpha value is -7.86. The van der Waals surface area contributed by atoms with Crippen molar-refractivity contribution in [3.05, 3.63) is 193 Å². The normalized spacial score (nSPS) is 11.6. The lowest BCUT2D eigenvalue weighted by Gasteiger charge is -2.14. The van der Waals surface area contributed by atoms with Gasteiger partial charge in [-0.1, -0.05) is 103 Å². The van der Waals surface area contributed by atoms with Crippen LogP contribution in [0.5, 0.6) is 0 Å². The van der Waals surface area contributed by atoms with Crippen LogP contribution in [0.15, 0.2) is 176 Å². The van der Waals surface area contributed by atoms with Crippen molar-refractivity contribution in [2.75, 3.05) is 0 Å². The number of nitrogens with zero attached hydrogens (tertiary/aromatic N) is 5. The Morgan fingerprint density at radius 3 is 1.67 bits per heavy atom. The number of para-hydroxylation sites is 5. The van der Waals surface area contributed by atoms with Gasteiger partial charge in [0.15, 0.2) is 5.69 Å². The van der Waals surface area contributed by atoms with E-state index >= 15 is 0 Å². The molecule has 0 saturated heterocycles. The first-order valence-corrected chi connectivity index (χ1v) is 18.3. The summed E-state index contributed by atoms with van der Waals surface area (Å²) in [5.41, 5.74) is 12.5. The van der Waals surface area contributed by atoms with Gasteiger partial charge < -0.3 is 13.7 Å². The van der Waals surface area contributed by atoms with Crippen LogP contribution in [0.3, 0.4) is 0 Å². The Balaban J connectivity index is 1.14. The zero-order valence-electron chi connectivity index (χ0n) is 29.5. The van der Waals surface area contributed by atoms with E-state index in [1.165, 1.54) is 32.6 Å². The molecule has 5 heteroatoms. The van der Waals surface area contributed by atoms with Gasteiger partial charge in [-0.05, 0) is 83.9 Å². The molecule has 0 aliphatic rings. The molecule has 11 aromatic rings. The van der Waals surface area contributed by atoms with Crippen LogP contribution in [0.2, 0.25) is 0 Å². The summed E-state index contributed by atoms with van der Waals surface area (Å²) in [6, 6.07) is 63.7. The van der Waals surface area contributed by atoms with Crippen molar-refractivity contribution in [3.63, 3.8) is 0 Å². The van der Waals surface area contributed by atoms with Crippen LogP contribution in [0.25, 0.3) is 98.5 Å². The minimum Gasteiger partial charge on any atom is -0.309 e. The predicted molar refractivity (Wildman–Crippen MR) is 226 cm³/mol. The van der Waals surface area contributed by atoms with Crippen LogP contribution in [0.1, 0.15) is 5.56 Å². The molecule has 3 aromatic heterocycles. The summed E-state index contributed by atoms with van der Waals surface area (Å²) in [6.45, 7) is 8.10. The molecule has 11 rings (SSSR count). The molecule has 254 valence electrons. The molecule has 0 saturated carbocycles. The number of nitriles is 1. The van der Waals surface area contributed by atoms with Crippen LogP contribution < -0.4 is 0 Å². The fraction of sp³-hybridized carbons (Fsp3) is 0. The van der Waals surface area contributed by atoms with Crippen molar-refractivity contribution >= 4 is 71.1 Å². The van der Waals surface area contributed by atoms with Gasteiger partial charge in [-0.2, -0.15) is 5.26 Å². The van der Waals surface area contributed by atoms with Crippen LogP contribution in [-0.2, 0) is 0 Å². The van der Waals surface area contributed by atoms with Gasteiger partial charge in [0, 0.05) is 43.7 Å². The first kappa shape index (κ1) is 30.7. The molecular weight excluding hydrogens is 671 g/mol. The molecule has 0 N–H and O–H groups in total. The van der Waals surface area contributed by atoms with Gasteiger partial charge in [-0.15, -0.1) is 0 Å². The highest BCUT2D eigenvalue weighted by molar-refractivity contribution is 6.16. The zero-order chi connectivity index (χ0) is 36.6. The van der Waals surface area contributed by atoms with E-state index in [9.17, 15) is 5.26 Å². The number of aromatic nitrogens is 3. The number of benzene rings is 8. The molecule has 0 amide bonds. The lowest BCUT2D eigenvalue weighted by atomic mass is 10.0. The predicted octanol–water partition coefficient (Wildman–Crippen LogP) is 13.1. The first-order valence-electron chi connectivity index (χ1n) is 18.3. The maximum absolute atomic E-state index is 10.2. The lowest BCUT2D eigenvalue weighted by molar-refractivity contribution is 1.17. The van der Waals surface area contributed by atoms with E-state index in [0.717, 1.165) is 61.0 Å². The molecule has 55 heavy (non-hydrogen) atoms. The Bertz CT molecular complexity index is 3420. The van der Waals surface area contributed by atoms with Gasteiger partial charge in [-0.25, -0.2) is 4.85 Å². The molecule has 5 nitrogen and oxygen atoms in total. The monoisotopic (exact) mass is 699 g/mol. The van der Waals surface area contributed by atoms with E-state index in [2.05, 4.69) is 164 Å². The topological polar surface area (TPSA) is 42.9 Å². The quantitative estimate of drug-likeness (QED) is 0.169. The third kappa shape index (κ3) is 4.45. The minimum atomic E-state index is 0.533. The molecule has 8 aromatic carbocycles. The minimum absolute atomic E-state index is 0.533. The van der Waals surface area contributed by atoms with Crippen LogP contribution in [-0.4, -0.2) is 13.7 Å². The first-order chi connectivity index (χ1) is 27.2. The lowest BCUT2D eigenvalue weighted by Crippen LogP contribution is -1.97. The number of hydrogen-bond donors (Lipinski definition) is 0. The van der Waals surface area contributed by atoms with Gasteiger partial charge >= 0.3 is 0 Å². The number of rotatable bonds is 4. The van der Waals surface area contributed by atoms with Crippen molar-refractivity contribution in [1.29, 1.82) is 5.26 Å². The Morgan fingerprint density at radius 1 is 0.436 bits per heavy atom. The van der Waals surface area contributed by atoms with E-state index in [0.29, 0.717) is 11.3 Å². The van der Waals surface area contributed by atoms with Gasteiger partial charge in [-0.3, -0.25) is 0 Å². The highest BCUT2D eigenvalue weighted by Gasteiger charge is 2.20. The van der Waals surface area contributed by atoms with E-state index in [1.807, 2.05) is 36.4 Å². The molecule has 0 spiro atoms. The summed E-state index contributed by atoms with van der Waals surface area (Å²) in [7, 11) is 0. The second kappa shape index (κ2) is 11.8. The van der Waals surface area contributed by atoms with E-state index in [1.54, 1.807) is 0 Å². The van der Waals surface area contributed by atoms with Gasteiger partial charge in [0.1, 0.15) is 6.07 Å². The highest BCUT2D eigenvalue weighted by atomic mass is 15.0. The van der Waals surface area contributed by atoms with E-state index in [-0.39, 0.29) is 0 Å². The average Bonchev–Trinajstić information content (AvgIpc) is 3.89. The second-order valence-electron chi connectivity index (χ2n) is 14.0. The van der Waals surface area contributed by atoms with Crippen molar-refractivity contribution in [2.24, 2.45) is 0 Å². The van der Waals surface area contributed by atoms with Gasteiger partial charge in [0.25, 0.3) is 0 Å². The van der Waals surface area contributed by atoms with Crippen LogP contribution in [0.4, 0.5) is 5.69 Å². The molecule has 0 fully saturated rings. The van der Waals surface area contributed by atoms with Crippen molar-refractivity contribution in [3.8, 4) is 34.3 Å². The van der Waals surface area contributed by atoms with Crippen molar-refractivity contribution in [2.45, 2.75) is 0 Å². The summed E-state index contributed by atoms with van der Waals surface area (Å²) in [4.78, 5) is 3.93. The van der Waals surface area contributed by atoms with Crippen molar-refractivity contribution < 1.29 is 0 Å². The Labute approximate surface area is 316 Å². The summed E-state index contributed by atoms with van der Waals surface area (Å²) in [5, 5.41) is 17.1. The van der Waals surface area contributed by atoms with Crippen LogP contribution >= 0.6 is 0 Å². The fourth-order valence-electron chi connectivity index (χ4n) is 8.80. The number of fused-ring (bicyclic) bond motifs is 9. The fourth-order valence-corrected chi connectivity index (χ4v) is 8.80. The summed E-state index contributed by atoms with van der Waals surface area (Å²) in [6.07, 6.45) is 0. The molecule has 0 radical (unpaired) electrons. The van der Waals surface area contributed by atoms with E-state index in [4.69, 9.17) is 6.57 Å². The molecule has 0 unspecified atom stereocenters. The molecular formula is C50H29N5. The Morgan fingerprint density at radius 2 is 0.982 bits per heavy atom. The molecule has 0 atom stereocenters. The highest BCUT2D eigenvalue weighted by Crippen LogP contribution is 2.41.